The first-order valence-corrected chi connectivity index (χ1v) is 7.13. The highest BCUT2D eigenvalue weighted by Gasteiger charge is 2.23. The van der Waals surface area contributed by atoms with Crippen LogP contribution in [0.15, 0.2) is 18.2 Å². The predicted octanol–water partition coefficient (Wildman–Crippen LogP) is 3.53. The summed E-state index contributed by atoms with van der Waals surface area (Å²) in [6, 6.07) is 6.94. The van der Waals surface area contributed by atoms with E-state index in [0.717, 1.165) is 19.4 Å². The number of carboxylic acid groups (broad SMARTS) is 1. The van der Waals surface area contributed by atoms with E-state index < -0.39 is 5.97 Å². The van der Waals surface area contributed by atoms with Gasteiger partial charge in [0.1, 0.15) is 0 Å². The maximum atomic E-state index is 10.8. The van der Waals surface area contributed by atoms with Crippen LogP contribution in [-0.2, 0) is 4.79 Å². The standard InChI is InChI=1S/C16H23NO2/c1-12-6-7-15(11-13(12)2)17-10-4-3-5-14(17)8-9-16(18)19/h6-7,11,14H,3-5,8-10H2,1-2H3,(H,18,19). The van der Waals surface area contributed by atoms with E-state index in [4.69, 9.17) is 5.11 Å². The minimum absolute atomic E-state index is 0.270. The Balaban J connectivity index is 2.13. The quantitative estimate of drug-likeness (QED) is 0.901. The van der Waals surface area contributed by atoms with Crippen molar-refractivity contribution >= 4 is 11.7 Å². The SMILES string of the molecule is Cc1ccc(N2CCCCC2CCC(=O)O)cc1C. The lowest BCUT2D eigenvalue weighted by atomic mass is 9.96. The average molecular weight is 261 g/mol. The second-order valence-corrected chi connectivity index (χ2v) is 5.54. The zero-order valence-corrected chi connectivity index (χ0v) is 11.9. The Bertz CT molecular complexity index is 456. The van der Waals surface area contributed by atoms with Gasteiger partial charge < -0.3 is 10.0 Å². The molecule has 1 N–H and O–H groups in total. The average Bonchev–Trinajstić information content (AvgIpc) is 2.40. The van der Waals surface area contributed by atoms with Gasteiger partial charge in [0.15, 0.2) is 0 Å². The van der Waals surface area contributed by atoms with Crippen LogP contribution < -0.4 is 4.90 Å². The zero-order chi connectivity index (χ0) is 13.8. The lowest BCUT2D eigenvalue weighted by Gasteiger charge is -2.38. The van der Waals surface area contributed by atoms with E-state index in [0.29, 0.717) is 6.04 Å². The second kappa shape index (κ2) is 6.09. The summed E-state index contributed by atoms with van der Waals surface area (Å²) in [6.45, 7) is 5.30. The summed E-state index contributed by atoms with van der Waals surface area (Å²) in [5, 5.41) is 8.86. The number of carbonyl (C=O) groups is 1. The summed E-state index contributed by atoms with van der Waals surface area (Å²) >= 11 is 0. The van der Waals surface area contributed by atoms with Gasteiger partial charge in [-0.1, -0.05) is 6.07 Å². The van der Waals surface area contributed by atoms with Crippen LogP contribution in [0, 0.1) is 13.8 Å². The number of rotatable bonds is 4. The lowest BCUT2D eigenvalue weighted by molar-refractivity contribution is -0.137. The molecule has 0 aromatic heterocycles. The van der Waals surface area contributed by atoms with Crippen LogP contribution in [0.25, 0.3) is 0 Å². The van der Waals surface area contributed by atoms with Gasteiger partial charge in [0.25, 0.3) is 0 Å². The van der Waals surface area contributed by atoms with Gasteiger partial charge in [-0.05, 0) is 62.8 Å². The molecular formula is C16H23NO2. The first kappa shape index (κ1) is 13.9. The normalized spacial score (nSPS) is 19.5. The number of piperidine rings is 1. The molecule has 0 saturated carbocycles. The molecular weight excluding hydrogens is 238 g/mol. The van der Waals surface area contributed by atoms with Gasteiger partial charge >= 0.3 is 5.97 Å². The van der Waals surface area contributed by atoms with Crippen LogP contribution in [-0.4, -0.2) is 23.7 Å². The monoisotopic (exact) mass is 261 g/mol. The van der Waals surface area contributed by atoms with Crippen molar-refractivity contribution in [3.63, 3.8) is 0 Å². The third kappa shape index (κ3) is 3.49. The van der Waals surface area contributed by atoms with Crippen molar-refractivity contribution in [3.8, 4) is 0 Å². The number of aryl methyl sites for hydroxylation is 2. The molecule has 2 rings (SSSR count). The number of hydrogen-bond acceptors (Lipinski definition) is 2. The first-order valence-electron chi connectivity index (χ1n) is 7.13. The van der Waals surface area contributed by atoms with E-state index in [1.54, 1.807) is 0 Å². The summed E-state index contributed by atoms with van der Waals surface area (Å²) < 4.78 is 0. The third-order valence-electron chi connectivity index (χ3n) is 4.14. The van der Waals surface area contributed by atoms with Crippen LogP contribution in [0.5, 0.6) is 0 Å². The van der Waals surface area contributed by atoms with Crippen molar-refractivity contribution in [2.75, 3.05) is 11.4 Å². The van der Waals surface area contributed by atoms with E-state index in [1.165, 1.54) is 29.7 Å². The molecule has 104 valence electrons. The van der Waals surface area contributed by atoms with E-state index in [2.05, 4.69) is 36.9 Å². The molecule has 1 heterocycles. The molecule has 0 aliphatic carbocycles. The predicted molar refractivity (Wildman–Crippen MR) is 77.8 cm³/mol. The van der Waals surface area contributed by atoms with Gasteiger partial charge in [-0.15, -0.1) is 0 Å². The highest BCUT2D eigenvalue weighted by molar-refractivity contribution is 5.66. The first-order chi connectivity index (χ1) is 9.08. The summed E-state index contributed by atoms with van der Waals surface area (Å²) in [5.74, 6) is -0.689. The van der Waals surface area contributed by atoms with Gasteiger partial charge in [-0.25, -0.2) is 0 Å². The molecule has 0 amide bonds. The molecule has 1 atom stereocenters. The van der Waals surface area contributed by atoms with Crippen molar-refractivity contribution in [1.82, 2.24) is 0 Å². The number of carboxylic acids is 1. The Hall–Kier alpha value is -1.51. The second-order valence-electron chi connectivity index (χ2n) is 5.54. The number of anilines is 1. The number of aliphatic carboxylic acids is 1. The molecule has 3 nitrogen and oxygen atoms in total. The van der Waals surface area contributed by atoms with Gasteiger partial charge in [-0.2, -0.15) is 0 Å². The van der Waals surface area contributed by atoms with E-state index in [-0.39, 0.29) is 6.42 Å². The smallest absolute Gasteiger partial charge is 0.303 e. The molecule has 1 saturated heterocycles. The van der Waals surface area contributed by atoms with E-state index in [9.17, 15) is 4.79 Å². The third-order valence-corrected chi connectivity index (χ3v) is 4.14. The number of nitrogens with zero attached hydrogens (tertiary/aromatic N) is 1. The fraction of sp³-hybridized carbons (Fsp3) is 0.562. The van der Waals surface area contributed by atoms with Crippen molar-refractivity contribution in [1.29, 1.82) is 0 Å². The van der Waals surface area contributed by atoms with Crippen LogP contribution in [0.2, 0.25) is 0 Å². The molecule has 0 spiro atoms. The van der Waals surface area contributed by atoms with Crippen LogP contribution in [0.3, 0.4) is 0 Å². The molecule has 19 heavy (non-hydrogen) atoms. The molecule has 0 radical (unpaired) electrons. The topological polar surface area (TPSA) is 40.5 Å². The largest absolute Gasteiger partial charge is 0.481 e. The summed E-state index contributed by atoms with van der Waals surface area (Å²) in [7, 11) is 0. The van der Waals surface area contributed by atoms with Gasteiger partial charge in [0.2, 0.25) is 0 Å². The van der Waals surface area contributed by atoms with Gasteiger partial charge in [-0.3, -0.25) is 4.79 Å². The maximum Gasteiger partial charge on any atom is 0.303 e. The Morgan fingerprint density at radius 1 is 1.32 bits per heavy atom. The Labute approximate surface area is 115 Å². The fourth-order valence-electron chi connectivity index (χ4n) is 2.83. The molecule has 1 aromatic carbocycles. The zero-order valence-electron chi connectivity index (χ0n) is 11.9. The molecule has 1 aliphatic heterocycles. The maximum absolute atomic E-state index is 10.8. The van der Waals surface area contributed by atoms with Crippen LogP contribution in [0.4, 0.5) is 5.69 Å². The molecule has 0 bridgehead atoms. The highest BCUT2D eigenvalue weighted by Crippen LogP contribution is 2.28. The van der Waals surface area contributed by atoms with E-state index in [1.807, 2.05) is 0 Å². The molecule has 1 fully saturated rings. The Morgan fingerprint density at radius 2 is 2.11 bits per heavy atom. The molecule has 1 aliphatic rings. The summed E-state index contributed by atoms with van der Waals surface area (Å²) in [5.41, 5.74) is 3.86. The minimum atomic E-state index is -0.689. The summed E-state index contributed by atoms with van der Waals surface area (Å²) in [6.07, 6.45) is 4.55. The van der Waals surface area contributed by atoms with Crippen molar-refractivity contribution in [2.24, 2.45) is 0 Å². The Morgan fingerprint density at radius 3 is 2.79 bits per heavy atom. The van der Waals surface area contributed by atoms with Crippen molar-refractivity contribution in [3.05, 3.63) is 29.3 Å². The number of benzene rings is 1. The molecule has 1 unspecified atom stereocenters. The Kier molecular flexibility index (Phi) is 4.46. The van der Waals surface area contributed by atoms with Crippen LogP contribution >= 0.6 is 0 Å². The van der Waals surface area contributed by atoms with Gasteiger partial charge in [0.05, 0.1) is 0 Å². The van der Waals surface area contributed by atoms with E-state index >= 15 is 0 Å². The lowest BCUT2D eigenvalue weighted by Crippen LogP contribution is -2.39. The van der Waals surface area contributed by atoms with Crippen molar-refractivity contribution in [2.45, 2.75) is 52.0 Å². The van der Waals surface area contributed by atoms with Crippen molar-refractivity contribution < 1.29 is 9.90 Å². The minimum Gasteiger partial charge on any atom is -0.481 e. The highest BCUT2D eigenvalue weighted by atomic mass is 16.4. The summed E-state index contributed by atoms with van der Waals surface area (Å²) in [4.78, 5) is 13.2. The molecule has 1 aromatic rings. The van der Waals surface area contributed by atoms with Gasteiger partial charge in [0, 0.05) is 24.7 Å². The molecule has 3 heteroatoms. The fourth-order valence-corrected chi connectivity index (χ4v) is 2.83. The number of hydrogen-bond donors (Lipinski definition) is 1. The van der Waals surface area contributed by atoms with Crippen LogP contribution in [0.1, 0.15) is 43.2 Å².